The molecule has 20 heavy (non-hydrogen) atoms. The van der Waals surface area contributed by atoms with Crippen molar-refractivity contribution in [3.05, 3.63) is 53.2 Å². The van der Waals surface area contributed by atoms with Crippen LogP contribution in [0.15, 0.2) is 30.6 Å². The number of benzene rings is 1. The molecule has 0 fully saturated rings. The lowest BCUT2D eigenvalue weighted by molar-refractivity contribution is 0.0691. The van der Waals surface area contributed by atoms with Gasteiger partial charge >= 0.3 is 5.97 Å². The normalized spacial score (nSPS) is 10.1. The van der Waals surface area contributed by atoms with Gasteiger partial charge in [0.05, 0.1) is 0 Å². The number of hydrogen-bond donors (Lipinski definition) is 2. The molecule has 1 aromatic heterocycles. The van der Waals surface area contributed by atoms with Gasteiger partial charge in [-0.1, -0.05) is 6.07 Å². The average molecular weight is 275 g/mol. The molecule has 102 valence electrons. The van der Waals surface area contributed by atoms with Crippen LogP contribution in [0.5, 0.6) is 0 Å². The third kappa shape index (κ3) is 2.77. The van der Waals surface area contributed by atoms with Crippen LogP contribution < -0.4 is 5.32 Å². The van der Waals surface area contributed by atoms with Crippen molar-refractivity contribution < 1.29 is 19.1 Å². The number of anilines is 1. The fourth-order valence-electron chi connectivity index (χ4n) is 1.50. The van der Waals surface area contributed by atoms with Crippen molar-refractivity contribution >= 4 is 17.7 Å². The summed E-state index contributed by atoms with van der Waals surface area (Å²) in [6.07, 6.45) is 2.45. The molecule has 0 unspecified atom stereocenters. The molecule has 0 spiro atoms. The van der Waals surface area contributed by atoms with Gasteiger partial charge in [0.1, 0.15) is 5.82 Å². The average Bonchev–Trinajstić information content (AvgIpc) is 2.42. The Morgan fingerprint density at radius 2 is 1.95 bits per heavy atom. The maximum absolute atomic E-state index is 13.4. The summed E-state index contributed by atoms with van der Waals surface area (Å²) >= 11 is 0. The van der Waals surface area contributed by atoms with E-state index in [-0.39, 0.29) is 17.1 Å². The molecule has 0 saturated heterocycles. The summed E-state index contributed by atoms with van der Waals surface area (Å²) in [6, 6.07) is 3.96. The van der Waals surface area contributed by atoms with Crippen LogP contribution in [0.2, 0.25) is 0 Å². The predicted molar refractivity (Wildman–Crippen MR) is 68.1 cm³/mol. The molecule has 6 nitrogen and oxygen atoms in total. The molecule has 2 aromatic rings. The van der Waals surface area contributed by atoms with Gasteiger partial charge in [-0.15, -0.1) is 0 Å². The van der Waals surface area contributed by atoms with E-state index in [1.54, 1.807) is 6.92 Å². The monoisotopic (exact) mass is 275 g/mol. The first-order valence-corrected chi connectivity index (χ1v) is 5.61. The lowest BCUT2D eigenvalue weighted by Crippen LogP contribution is -2.17. The number of carbonyl (C=O) groups is 2. The van der Waals surface area contributed by atoms with Gasteiger partial charge in [-0.3, -0.25) is 4.79 Å². The van der Waals surface area contributed by atoms with Crippen molar-refractivity contribution in [2.45, 2.75) is 6.92 Å². The van der Waals surface area contributed by atoms with Crippen LogP contribution >= 0.6 is 0 Å². The van der Waals surface area contributed by atoms with E-state index in [0.717, 1.165) is 6.07 Å². The highest BCUT2D eigenvalue weighted by atomic mass is 19.1. The molecule has 0 aliphatic heterocycles. The second-order valence-electron chi connectivity index (χ2n) is 3.98. The van der Waals surface area contributed by atoms with E-state index in [9.17, 15) is 14.0 Å². The third-order valence-electron chi connectivity index (χ3n) is 2.57. The van der Waals surface area contributed by atoms with Gasteiger partial charge in [-0.05, 0) is 24.6 Å². The number of nitrogens with zero attached hydrogens (tertiary/aromatic N) is 2. The fraction of sp³-hybridized carbons (Fsp3) is 0.0769. The van der Waals surface area contributed by atoms with Crippen molar-refractivity contribution in [2.24, 2.45) is 0 Å². The number of halogens is 1. The Bertz CT molecular complexity index is 688. The molecular weight excluding hydrogens is 265 g/mol. The van der Waals surface area contributed by atoms with Crippen LogP contribution in [0.1, 0.15) is 26.4 Å². The molecule has 2 N–H and O–H groups in total. The number of hydrogen-bond acceptors (Lipinski definition) is 4. The van der Waals surface area contributed by atoms with Crippen LogP contribution in [0, 0.1) is 12.7 Å². The smallest absolute Gasteiger partial charge is 0.358 e. The minimum absolute atomic E-state index is 0.0649. The van der Waals surface area contributed by atoms with Crippen LogP contribution in [0.25, 0.3) is 0 Å². The molecule has 0 aliphatic rings. The van der Waals surface area contributed by atoms with Crippen molar-refractivity contribution in [3.8, 4) is 0 Å². The lowest BCUT2D eigenvalue weighted by atomic mass is 10.1. The molecule has 7 heteroatoms. The van der Waals surface area contributed by atoms with Crippen molar-refractivity contribution in [3.63, 3.8) is 0 Å². The first-order chi connectivity index (χ1) is 9.49. The zero-order valence-corrected chi connectivity index (χ0v) is 10.4. The highest BCUT2D eigenvalue weighted by Gasteiger charge is 2.16. The van der Waals surface area contributed by atoms with Gasteiger partial charge in [-0.2, -0.15) is 0 Å². The SMILES string of the molecule is Cc1ccc(C(=O)Nc2nccnc2C(=O)O)cc1F. The Morgan fingerprint density at radius 3 is 2.60 bits per heavy atom. The molecule has 0 radical (unpaired) electrons. The zero-order valence-electron chi connectivity index (χ0n) is 10.4. The van der Waals surface area contributed by atoms with Gasteiger partial charge in [0.15, 0.2) is 11.5 Å². The Balaban J connectivity index is 2.28. The minimum Gasteiger partial charge on any atom is -0.476 e. The summed E-state index contributed by atoms with van der Waals surface area (Å²) in [6.45, 7) is 1.57. The number of nitrogens with one attached hydrogen (secondary N) is 1. The molecule has 0 atom stereocenters. The molecule has 1 aromatic carbocycles. The lowest BCUT2D eigenvalue weighted by Gasteiger charge is -2.07. The van der Waals surface area contributed by atoms with Gasteiger partial charge in [0.25, 0.3) is 5.91 Å². The highest BCUT2D eigenvalue weighted by molar-refractivity contribution is 6.06. The van der Waals surface area contributed by atoms with Crippen LogP contribution in [-0.4, -0.2) is 27.0 Å². The van der Waals surface area contributed by atoms with E-state index in [0.29, 0.717) is 5.56 Å². The zero-order chi connectivity index (χ0) is 14.7. The minimum atomic E-state index is -1.32. The van der Waals surface area contributed by atoms with Gasteiger partial charge < -0.3 is 10.4 Å². The van der Waals surface area contributed by atoms with Gasteiger partial charge in [-0.25, -0.2) is 19.2 Å². The molecular formula is C13H10FN3O3. The van der Waals surface area contributed by atoms with E-state index in [4.69, 9.17) is 5.11 Å². The highest BCUT2D eigenvalue weighted by Crippen LogP contribution is 2.13. The molecule has 0 bridgehead atoms. The fourth-order valence-corrected chi connectivity index (χ4v) is 1.50. The second-order valence-corrected chi connectivity index (χ2v) is 3.98. The quantitative estimate of drug-likeness (QED) is 0.892. The number of amides is 1. The Hall–Kier alpha value is -2.83. The number of carboxylic acids is 1. The Morgan fingerprint density at radius 1 is 1.25 bits per heavy atom. The first kappa shape index (κ1) is 13.6. The van der Waals surface area contributed by atoms with Gasteiger partial charge in [0.2, 0.25) is 0 Å². The molecule has 1 heterocycles. The first-order valence-electron chi connectivity index (χ1n) is 5.61. The third-order valence-corrected chi connectivity index (χ3v) is 2.57. The van der Waals surface area contributed by atoms with E-state index in [1.165, 1.54) is 24.5 Å². The van der Waals surface area contributed by atoms with Crippen molar-refractivity contribution in [1.29, 1.82) is 0 Å². The topological polar surface area (TPSA) is 92.2 Å². The van der Waals surface area contributed by atoms with Crippen LogP contribution in [0.4, 0.5) is 10.2 Å². The molecule has 0 aliphatic carbocycles. The summed E-state index contributed by atoms with van der Waals surface area (Å²) in [5.41, 5.74) is 0.0933. The Labute approximate surface area is 113 Å². The molecule has 1 amide bonds. The van der Waals surface area contributed by atoms with Crippen LogP contribution in [-0.2, 0) is 0 Å². The van der Waals surface area contributed by atoms with Crippen LogP contribution in [0.3, 0.4) is 0 Å². The maximum atomic E-state index is 13.4. The number of aromatic nitrogens is 2. The number of rotatable bonds is 3. The summed E-state index contributed by atoms with van der Waals surface area (Å²) in [5, 5.41) is 11.2. The number of carboxylic acid groups (broad SMARTS) is 1. The predicted octanol–water partition coefficient (Wildman–Crippen LogP) is 1.87. The van der Waals surface area contributed by atoms with Crippen molar-refractivity contribution in [2.75, 3.05) is 5.32 Å². The second kappa shape index (κ2) is 5.43. The summed E-state index contributed by atoms with van der Waals surface area (Å²) in [4.78, 5) is 30.2. The van der Waals surface area contributed by atoms with E-state index in [1.807, 2.05) is 0 Å². The number of aryl methyl sites for hydroxylation is 1. The largest absolute Gasteiger partial charge is 0.476 e. The number of carbonyl (C=O) groups excluding carboxylic acids is 1. The summed E-state index contributed by atoms with van der Waals surface area (Å²) < 4.78 is 13.4. The van der Waals surface area contributed by atoms with E-state index in [2.05, 4.69) is 15.3 Å². The van der Waals surface area contributed by atoms with E-state index < -0.39 is 17.7 Å². The van der Waals surface area contributed by atoms with Gasteiger partial charge in [0, 0.05) is 18.0 Å². The summed E-state index contributed by atoms with van der Waals surface area (Å²) in [7, 11) is 0. The molecule has 2 rings (SSSR count). The van der Waals surface area contributed by atoms with Crippen molar-refractivity contribution in [1.82, 2.24) is 9.97 Å². The van der Waals surface area contributed by atoms with E-state index >= 15 is 0 Å². The standard InChI is InChI=1S/C13H10FN3O3/c1-7-2-3-8(6-9(7)14)12(18)17-11-10(13(19)20)15-4-5-16-11/h2-6H,1H3,(H,19,20)(H,16,17,18). The molecule has 0 saturated carbocycles. The number of aromatic carboxylic acids is 1. The maximum Gasteiger partial charge on any atom is 0.358 e. The Kier molecular flexibility index (Phi) is 3.69. The summed E-state index contributed by atoms with van der Waals surface area (Å²) in [5.74, 6) is -2.68.